The number of nitrogens with one attached hydrogen (secondary N) is 1. The summed E-state index contributed by atoms with van der Waals surface area (Å²) in [6, 6.07) is 21.7. The number of esters is 1. The maximum absolute atomic E-state index is 13.0. The molecule has 31 heavy (non-hydrogen) atoms. The van der Waals surface area contributed by atoms with Gasteiger partial charge in [0, 0.05) is 28.8 Å². The highest BCUT2D eigenvalue weighted by Crippen LogP contribution is 2.25. The van der Waals surface area contributed by atoms with Crippen LogP contribution < -0.4 is 5.32 Å². The number of ether oxygens (including phenoxy) is 1. The lowest BCUT2D eigenvalue weighted by Gasteiger charge is -2.17. The molecule has 0 aliphatic rings. The first kappa shape index (κ1) is 21.4. The van der Waals surface area contributed by atoms with Crippen molar-refractivity contribution < 1.29 is 24.0 Å². The van der Waals surface area contributed by atoms with Gasteiger partial charge in [0.05, 0.1) is 4.92 Å². The van der Waals surface area contributed by atoms with Crippen LogP contribution in [0, 0.1) is 10.1 Å². The zero-order valence-electron chi connectivity index (χ0n) is 16.3. The molecule has 0 heterocycles. The zero-order chi connectivity index (χ0) is 22.2. The van der Waals surface area contributed by atoms with E-state index in [-0.39, 0.29) is 11.3 Å². The summed E-state index contributed by atoms with van der Waals surface area (Å²) in [5.74, 6) is -1.77. The molecule has 0 spiro atoms. The Kier molecular flexibility index (Phi) is 6.85. The Morgan fingerprint density at radius 1 is 0.839 bits per heavy atom. The molecule has 156 valence electrons. The monoisotopic (exact) mass is 418 g/mol. The Morgan fingerprint density at radius 3 is 1.94 bits per heavy atom. The summed E-state index contributed by atoms with van der Waals surface area (Å²) >= 11 is 0. The Morgan fingerprint density at radius 2 is 1.39 bits per heavy atom. The van der Waals surface area contributed by atoms with E-state index in [0.717, 1.165) is 0 Å². The molecule has 3 rings (SSSR count). The minimum atomic E-state index is -1.32. The molecule has 0 radical (unpaired) electrons. The van der Waals surface area contributed by atoms with Crippen LogP contribution in [0.15, 0.2) is 84.9 Å². The normalized spacial score (nSPS) is 11.2. The van der Waals surface area contributed by atoms with Crippen molar-refractivity contribution in [2.24, 2.45) is 0 Å². The molecule has 1 N–H and O–H groups in total. The number of Topliss-reactive ketones (excluding diaryl/α,β-unsaturated/α-hetero) is 1. The summed E-state index contributed by atoms with van der Waals surface area (Å²) in [5, 5.41) is 13.3. The highest BCUT2D eigenvalue weighted by Gasteiger charge is 2.27. The minimum Gasteiger partial charge on any atom is -0.448 e. The van der Waals surface area contributed by atoms with Gasteiger partial charge in [-0.2, -0.15) is 0 Å². The summed E-state index contributed by atoms with van der Waals surface area (Å²) in [4.78, 5) is 47.8. The standard InChI is InChI=1S/C23H18N2O6/c26-20(15-24-23(28)18-9-5-2-6-10-18)31-22(21(27)16-7-3-1-4-8-16)17-11-13-19(14-12-17)25(29)30/h1-14,22H,15H2,(H,24,28). The number of nitro groups is 1. The summed E-state index contributed by atoms with van der Waals surface area (Å²) in [6.45, 7) is -0.445. The number of rotatable bonds is 8. The number of nitro benzene ring substituents is 1. The molecule has 1 unspecified atom stereocenters. The van der Waals surface area contributed by atoms with Crippen LogP contribution in [-0.2, 0) is 9.53 Å². The average Bonchev–Trinajstić information content (AvgIpc) is 2.81. The molecule has 8 heteroatoms. The quantitative estimate of drug-likeness (QED) is 0.259. The summed E-state index contributed by atoms with van der Waals surface area (Å²) in [6.07, 6.45) is -1.32. The van der Waals surface area contributed by atoms with Gasteiger partial charge in [-0.25, -0.2) is 0 Å². The molecule has 0 aliphatic heterocycles. The van der Waals surface area contributed by atoms with E-state index in [1.54, 1.807) is 60.7 Å². The number of ketones is 1. The van der Waals surface area contributed by atoms with E-state index in [1.807, 2.05) is 0 Å². The second kappa shape index (κ2) is 9.93. The number of benzene rings is 3. The van der Waals surface area contributed by atoms with Crippen LogP contribution in [0.3, 0.4) is 0 Å². The van der Waals surface area contributed by atoms with Gasteiger partial charge in [-0.3, -0.25) is 24.5 Å². The van der Waals surface area contributed by atoms with E-state index >= 15 is 0 Å². The second-order valence-electron chi connectivity index (χ2n) is 6.50. The van der Waals surface area contributed by atoms with E-state index in [4.69, 9.17) is 4.74 Å². The van der Waals surface area contributed by atoms with E-state index < -0.39 is 35.2 Å². The Labute approximate surface area is 177 Å². The summed E-state index contributed by atoms with van der Waals surface area (Å²) in [5.41, 5.74) is 0.813. The fourth-order valence-electron chi connectivity index (χ4n) is 2.81. The first-order valence-electron chi connectivity index (χ1n) is 9.32. The number of nitrogens with zero attached hydrogens (tertiary/aromatic N) is 1. The maximum Gasteiger partial charge on any atom is 0.326 e. The molecular formula is C23H18N2O6. The van der Waals surface area contributed by atoms with E-state index in [0.29, 0.717) is 11.1 Å². The predicted molar refractivity (Wildman–Crippen MR) is 111 cm³/mol. The number of carbonyl (C=O) groups excluding carboxylic acids is 3. The third-order valence-corrected chi connectivity index (χ3v) is 4.38. The zero-order valence-corrected chi connectivity index (χ0v) is 16.3. The van der Waals surface area contributed by atoms with Crippen LogP contribution >= 0.6 is 0 Å². The summed E-state index contributed by atoms with van der Waals surface area (Å²) < 4.78 is 5.37. The van der Waals surface area contributed by atoms with Crippen LogP contribution in [0.4, 0.5) is 5.69 Å². The molecule has 0 saturated heterocycles. The molecule has 3 aromatic rings. The van der Waals surface area contributed by atoms with Crippen LogP contribution in [0.5, 0.6) is 0 Å². The molecule has 1 atom stereocenters. The van der Waals surface area contributed by atoms with Gasteiger partial charge in [0.2, 0.25) is 5.78 Å². The number of amides is 1. The lowest BCUT2D eigenvalue weighted by molar-refractivity contribution is -0.384. The SMILES string of the molecule is O=C(CNC(=O)c1ccccc1)OC(C(=O)c1ccccc1)c1ccc([N+](=O)[O-])cc1. The number of non-ortho nitro benzene ring substituents is 1. The van der Waals surface area contributed by atoms with Crippen molar-refractivity contribution in [1.82, 2.24) is 5.32 Å². The Balaban J connectivity index is 1.76. The van der Waals surface area contributed by atoms with Gasteiger partial charge in [-0.15, -0.1) is 0 Å². The van der Waals surface area contributed by atoms with Crippen molar-refractivity contribution in [3.8, 4) is 0 Å². The fourth-order valence-corrected chi connectivity index (χ4v) is 2.81. The lowest BCUT2D eigenvalue weighted by Crippen LogP contribution is -2.32. The second-order valence-corrected chi connectivity index (χ2v) is 6.50. The van der Waals surface area contributed by atoms with Crippen molar-refractivity contribution >= 4 is 23.3 Å². The van der Waals surface area contributed by atoms with Gasteiger partial charge < -0.3 is 10.1 Å². The van der Waals surface area contributed by atoms with Gasteiger partial charge in [0.1, 0.15) is 6.54 Å². The number of carbonyl (C=O) groups is 3. The van der Waals surface area contributed by atoms with Gasteiger partial charge >= 0.3 is 5.97 Å². The molecular weight excluding hydrogens is 400 g/mol. The highest BCUT2D eigenvalue weighted by atomic mass is 16.6. The van der Waals surface area contributed by atoms with Crippen LogP contribution in [0.2, 0.25) is 0 Å². The molecule has 8 nitrogen and oxygen atoms in total. The largest absolute Gasteiger partial charge is 0.448 e. The summed E-state index contributed by atoms with van der Waals surface area (Å²) in [7, 11) is 0. The van der Waals surface area contributed by atoms with Crippen molar-refractivity contribution in [2.45, 2.75) is 6.10 Å². The first-order valence-corrected chi connectivity index (χ1v) is 9.32. The van der Waals surface area contributed by atoms with Crippen molar-refractivity contribution in [3.63, 3.8) is 0 Å². The molecule has 0 saturated carbocycles. The van der Waals surface area contributed by atoms with Crippen molar-refractivity contribution in [1.29, 1.82) is 0 Å². The average molecular weight is 418 g/mol. The van der Waals surface area contributed by atoms with Crippen LogP contribution in [0.1, 0.15) is 32.4 Å². The maximum atomic E-state index is 13.0. The van der Waals surface area contributed by atoms with Gasteiger partial charge in [-0.05, 0) is 24.3 Å². The number of hydrogen-bond acceptors (Lipinski definition) is 6. The van der Waals surface area contributed by atoms with Gasteiger partial charge in [0.15, 0.2) is 6.10 Å². The van der Waals surface area contributed by atoms with Crippen LogP contribution in [0.25, 0.3) is 0 Å². The topological polar surface area (TPSA) is 116 Å². The van der Waals surface area contributed by atoms with E-state index in [9.17, 15) is 24.5 Å². The molecule has 0 fully saturated rings. The molecule has 0 aromatic heterocycles. The van der Waals surface area contributed by atoms with Crippen molar-refractivity contribution in [2.75, 3.05) is 6.54 Å². The third-order valence-electron chi connectivity index (χ3n) is 4.38. The van der Waals surface area contributed by atoms with Gasteiger partial charge in [-0.1, -0.05) is 48.5 Å². The van der Waals surface area contributed by atoms with E-state index in [2.05, 4.69) is 5.32 Å². The first-order chi connectivity index (χ1) is 15.0. The molecule has 0 bridgehead atoms. The van der Waals surface area contributed by atoms with E-state index in [1.165, 1.54) is 24.3 Å². The highest BCUT2D eigenvalue weighted by molar-refractivity contribution is 6.01. The predicted octanol–water partition coefficient (Wildman–Crippen LogP) is 3.49. The van der Waals surface area contributed by atoms with Crippen LogP contribution in [-0.4, -0.2) is 29.1 Å². The Hall–Kier alpha value is -4.33. The molecule has 3 aromatic carbocycles. The smallest absolute Gasteiger partial charge is 0.326 e. The molecule has 1 amide bonds. The number of hydrogen-bond donors (Lipinski definition) is 1. The lowest BCUT2D eigenvalue weighted by atomic mass is 9.99. The fraction of sp³-hybridized carbons (Fsp3) is 0.0870. The minimum absolute atomic E-state index is 0.156. The van der Waals surface area contributed by atoms with Crippen molar-refractivity contribution in [3.05, 3.63) is 112 Å². The Bertz CT molecular complexity index is 1080. The third kappa shape index (κ3) is 5.60. The molecule has 0 aliphatic carbocycles. The van der Waals surface area contributed by atoms with Gasteiger partial charge in [0.25, 0.3) is 11.6 Å².